The Balaban J connectivity index is 3.17. The molecule has 0 N–H and O–H groups in total. The van der Waals surface area contributed by atoms with E-state index in [2.05, 4.69) is 36.7 Å². The van der Waals surface area contributed by atoms with Crippen LogP contribution in [0.5, 0.6) is 0 Å². The van der Waals surface area contributed by atoms with Gasteiger partial charge in [-0.25, -0.2) is 0 Å². The average Bonchev–Trinajstić information content (AvgIpc) is 2.12. The van der Waals surface area contributed by atoms with Crippen LogP contribution in [0.3, 0.4) is 0 Å². The monoisotopic (exact) mass is 270 g/mol. The fourth-order valence-corrected chi connectivity index (χ4v) is 2.74. The quantitative estimate of drug-likeness (QED) is 0.547. The van der Waals surface area contributed by atoms with Gasteiger partial charge in [0, 0.05) is 10.4 Å². The van der Waals surface area contributed by atoms with Crippen LogP contribution in [0.1, 0.15) is 40.5 Å². The fraction of sp³-hybridized carbons (Fsp3) is 0.615. The van der Waals surface area contributed by atoms with Crippen molar-refractivity contribution < 1.29 is 4.79 Å². The van der Waals surface area contributed by atoms with Crippen LogP contribution in [-0.2, 0) is 4.79 Å². The molecule has 1 rings (SSSR count). The molecule has 0 radical (unpaired) electrons. The summed E-state index contributed by atoms with van der Waals surface area (Å²) in [6.45, 7) is 8.27. The molecule has 0 heterocycles. The number of rotatable bonds is 2. The van der Waals surface area contributed by atoms with Gasteiger partial charge in [-0.3, -0.25) is 4.79 Å². The molecular weight excluding hydrogens is 252 g/mol. The molecule has 1 nitrogen and oxygen atoms in total. The maximum absolute atomic E-state index is 12.0. The number of carbonyl (C=O) groups excluding carboxylic acids is 1. The smallest absolute Gasteiger partial charge is 0.182 e. The zero-order valence-electron chi connectivity index (χ0n) is 9.93. The van der Waals surface area contributed by atoms with E-state index in [4.69, 9.17) is 0 Å². The van der Waals surface area contributed by atoms with Crippen molar-refractivity contribution in [2.75, 3.05) is 0 Å². The summed E-state index contributed by atoms with van der Waals surface area (Å²) in [7, 11) is 0. The SMILES string of the molecule is CC=CC(=O)C1=C(C)C(Br)CCC1(C)C. The number of carbonyl (C=O) groups is 1. The lowest BCUT2D eigenvalue weighted by atomic mass is 9.71. The highest BCUT2D eigenvalue weighted by molar-refractivity contribution is 9.09. The van der Waals surface area contributed by atoms with Gasteiger partial charge in [-0.1, -0.05) is 41.4 Å². The summed E-state index contributed by atoms with van der Waals surface area (Å²) >= 11 is 3.63. The van der Waals surface area contributed by atoms with Crippen molar-refractivity contribution in [3.05, 3.63) is 23.3 Å². The Kier molecular flexibility index (Phi) is 3.93. The first-order valence-electron chi connectivity index (χ1n) is 5.42. The Morgan fingerprint density at radius 3 is 2.67 bits per heavy atom. The lowest BCUT2D eigenvalue weighted by Crippen LogP contribution is -2.29. The lowest BCUT2D eigenvalue weighted by Gasteiger charge is -2.35. The number of hydrogen-bond donors (Lipinski definition) is 0. The molecule has 0 spiro atoms. The molecule has 0 saturated heterocycles. The first-order chi connectivity index (χ1) is 6.90. The minimum absolute atomic E-state index is 0.0188. The molecule has 0 aromatic heterocycles. The molecule has 0 aromatic carbocycles. The second-order valence-electron chi connectivity index (χ2n) is 4.81. The van der Waals surface area contributed by atoms with E-state index in [9.17, 15) is 4.79 Å². The third-order valence-electron chi connectivity index (χ3n) is 3.13. The molecule has 1 atom stereocenters. The van der Waals surface area contributed by atoms with Crippen LogP contribution in [0.25, 0.3) is 0 Å². The Morgan fingerprint density at radius 2 is 2.13 bits per heavy atom. The van der Waals surface area contributed by atoms with Crippen molar-refractivity contribution in [3.63, 3.8) is 0 Å². The molecule has 1 unspecified atom stereocenters. The van der Waals surface area contributed by atoms with E-state index in [1.54, 1.807) is 6.08 Å². The first-order valence-corrected chi connectivity index (χ1v) is 6.34. The Bertz CT molecular complexity index is 323. The third-order valence-corrected chi connectivity index (χ3v) is 4.27. The number of allylic oxidation sites excluding steroid dienone is 4. The van der Waals surface area contributed by atoms with Gasteiger partial charge in [-0.2, -0.15) is 0 Å². The molecule has 0 aromatic rings. The van der Waals surface area contributed by atoms with E-state index in [-0.39, 0.29) is 11.2 Å². The molecule has 0 bridgehead atoms. The van der Waals surface area contributed by atoms with Crippen LogP contribution in [0.2, 0.25) is 0 Å². The van der Waals surface area contributed by atoms with E-state index in [1.165, 1.54) is 5.57 Å². The molecule has 2 heteroatoms. The van der Waals surface area contributed by atoms with Gasteiger partial charge in [-0.15, -0.1) is 0 Å². The Hall–Kier alpha value is -0.370. The minimum Gasteiger partial charge on any atom is -0.290 e. The van der Waals surface area contributed by atoms with E-state index < -0.39 is 0 Å². The molecular formula is C13H19BrO. The zero-order chi connectivity index (χ0) is 11.6. The maximum Gasteiger partial charge on any atom is 0.182 e. The van der Waals surface area contributed by atoms with Crippen molar-refractivity contribution in [1.82, 2.24) is 0 Å². The number of halogens is 1. The van der Waals surface area contributed by atoms with Crippen molar-refractivity contribution in [2.45, 2.75) is 45.4 Å². The summed E-state index contributed by atoms with van der Waals surface area (Å²) in [6, 6.07) is 0. The summed E-state index contributed by atoms with van der Waals surface area (Å²) < 4.78 is 0. The van der Waals surface area contributed by atoms with Crippen molar-refractivity contribution in [3.8, 4) is 0 Å². The van der Waals surface area contributed by atoms with Crippen LogP contribution in [0.4, 0.5) is 0 Å². The molecule has 1 aliphatic carbocycles. The van der Waals surface area contributed by atoms with E-state index in [0.717, 1.165) is 18.4 Å². The van der Waals surface area contributed by atoms with E-state index >= 15 is 0 Å². The summed E-state index contributed by atoms with van der Waals surface area (Å²) in [5, 5.41) is 0. The number of hydrogen-bond acceptors (Lipinski definition) is 1. The predicted molar refractivity (Wildman–Crippen MR) is 68.3 cm³/mol. The van der Waals surface area contributed by atoms with Crippen molar-refractivity contribution in [1.29, 1.82) is 0 Å². The summed E-state index contributed by atoms with van der Waals surface area (Å²) in [6.07, 6.45) is 5.67. The standard InChI is InChI=1S/C13H19BrO/c1-5-6-11(15)12-9(2)10(14)7-8-13(12,3)4/h5-6,10H,7-8H2,1-4H3. The highest BCUT2D eigenvalue weighted by Crippen LogP contribution is 2.42. The predicted octanol–water partition coefficient (Wildman–Crippen LogP) is 4.03. The van der Waals surface area contributed by atoms with Gasteiger partial charge in [0.1, 0.15) is 0 Å². The Labute approximate surface area is 101 Å². The van der Waals surface area contributed by atoms with Gasteiger partial charge in [0.15, 0.2) is 5.78 Å². The minimum atomic E-state index is 0.0188. The molecule has 0 amide bonds. The third kappa shape index (κ3) is 2.60. The van der Waals surface area contributed by atoms with Crippen LogP contribution in [-0.4, -0.2) is 10.6 Å². The Morgan fingerprint density at radius 1 is 1.53 bits per heavy atom. The van der Waals surface area contributed by atoms with Crippen LogP contribution in [0.15, 0.2) is 23.3 Å². The largest absolute Gasteiger partial charge is 0.290 e. The lowest BCUT2D eigenvalue weighted by molar-refractivity contribution is -0.112. The maximum atomic E-state index is 12.0. The van der Waals surface area contributed by atoms with Gasteiger partial charge < -0.3 is 0 Å². The van der Waals surface area contributed by atoms with Crippen LogP contribution < -0.4 is 0 Å². The molecule has 84 valence electrons. The van der Waals surface area contributed by atoms with Crippen LogP contribution >= 0.6 is 15.9 Å². The topological polar surface area (TPSA) is 17.1 Å². The molecule has 0 aliphatic heterocycles. The highest BCUT2D eigenvalue weighted by Gasteiger charge is 2.34. The second-order valence-corrected chi connectivity index (χ2v) is 5.92. The first kappa shape index (κ1) is 12.7. The molecule has 15 heavy (non-hydrogen) atoms. The van der Waals surface area contributed by atoms with Gasteiger partial charge >= 0.3 is 0 Å². The van der Waals surface area contributed by atoms with E-state index in [0.29, 0.717) is 4.83 Å². The number of alkyl halides is 1. The molecule has 0 fully saturated rings. The van der Waals surface area contributed by atoms with Crippen molar-refractivity contribution >= 4 is 21.7 Å². The van der Waals surface area contributed by atoms with Crippen LogP contribution in [0, 0.1) is 5.41 Å². The second kappa shape index (κ2) is 4.65. The van der Waals surface area contributed by atoms with Gasteiger partial charge in [-0.05, 0) is 38.2 Å². The normalized spacial score (nSPS) is 26.1. The summed E-state index contributed by atoms with van der Waals surface area (Å²) in [5.41, 5.74) is 2.22. The molecule has 1 aliphatic rings. The number of ketones is 1. The zero-order valence-corrected chi connectivity index (χ0v) is 11.5. The van der Waals surface area contributed by atoms with Crippen molar-refractivity contribution in [2.24, 2.45) is 5.41 Å². The van der Waals surface area contributed by atoms with E-state index in [1.807, 2.05) is 13.0 Å². The fourth-order valence-electron chi connectivity index (χ4n) is 2.28. The summed E-state index contributed by atoms with van der Waals surface area (Å²) in [5.74, 6) is 0.171. The average molecular weight is 271 g/mol. The van der Waals surface area contributed by atoms with Gasteiger partial charge in [0.2, 0.25) is 0 Å². The van der Waals surface area contributed by atoms with Gasteiger partial charge in [0.25, 0.3) is 0 Å². The van der Waals surface area contributed by atoms with Gasteiger partial charge in [0.05, 0.1) is 0 Å². The summed E-state index contributed by atoms with van der Waals surface area (Å²) in [4.78, 5) is 12.4. The molecule has 0 saturated carbocycles. The highest BCUT2D eigenvalue weighted by atomic mass is 79.9.